The molecule has 0 aliphatic heterocycles. The van der Waals surface area contributed by atoms with E-state index in [9.17, 15) is 4.79 Å². The number of hydrogen-bond acceptors (Lipinski definition) is 2. The molecule has 1 rings (SSSR count). The van der Waals surface area contributed by atoms with Gasteiger partial charge in [-0.1, -0.05) is 19.3 Å². The lowest BCUT2D eigenvalue weighted by atomic mass is 9.96. The normalized spacial score (nSPS) is 16.8. The molecule has 4 heteroatoms. The number of rotatable bonds is 3. The Morgan fingerprint density at radius 3 is 2.67 bits per heavy atom. The molecule has 1 N–H and O–H groups in total. The fraction of sp³-hybridized carbons (Fsp3) is 0.818. The maximum Gasteiger partial charge on any atom is 0.318 e. The number of nitriles is 1. The van der Waals surface area contributed by atoms with Gasteiger partial charge in [-0.25, -0.2) is 4.79 Å². The summed E-state index contributed by atoms with van der Waals surface area (Å²) in [7, 11) is 0. The second-order valence-corrected chi connectivity index (χ2v) is 3.96. The first-order valence-electron chi connectivity index (χ1n) is 5.70. The SMILES string of the molecule is CCN(CC#N)C(=O)NC1CCCCC1. The van der Waals surface area contributed by atoms with Crippen molar-refractivity contribution in [3.05, 3.63) is 0 Å². The number of nitrogens with one attached hydrogen (secondary N) is 1. The van der Waals surface area contributed by atoms with E-state index in [0.717, 1.165) is 12.8 Å². The summed E-state index contributed by atoms with van der Waals surface area (Å²) in [4.78, 5) is 13.2. The molecule has 0 spiro atoms. The van der Waals surface area contributed by atoms with Gasteiger partial charge in [0.05, 0.1) is 6.07 Å². The smallest absolute Gasteiger partial charge is 0.318 e. The van der Waals surface area contributed by atoms with E-state index in [4.69, 9.17) is 5.26 Å². The molecule has 1 aliphatic rings. The summed E-state index contributed by atoms with van der Waals surface area (Å²) in [5.41, 5.74) is 0. The first-order chi connectivity index (χ1) is 7.27. The number of urea groups is 1. The van der Waals surface area contributed by atoms with E-state index in [-0.39, 0.29) is 12.6 Å². The van der Waals surface area contributed by atoms with Crippen molar-refractivity contribution in [2.75, 3.05) is 13.1 Å². The molecule has 0 heterocycles. The molecule has 0 saturated heterocycles. The predicted octanol–water partition coefficient (Wildman–Crippen LogP) is 1.87. The number of nitrogens with zero attached hydrogens (tertiary/aromatic N) is 2. The van der Waals surface area contributed by atoms with Crippen LogP contribution in [0.2, 0.25) is 0 Å². The largest absolute Gasteiger partial charge is 0.335 e. The predicted molar refractivity (Wildman–Crippen MR) is 58.3 cm³/mol. The van der Waals surface area contributed by atoms with Crippen LogP contribution in [0.25, 0.3) is 0 Å². The minimum atomic E-state index is -0.0917. The van der Waals surface area contributed by atoms with Crippen LogP contribution in [0.15, 0.2) is 0 Å². The topological polar surface area (TPSA) is 56.1 Å². The number of amides is 2. The molecule has 1 aliphatic carbocycles. The Hall–Kier alpha value is -1.24. The van der Waals surface area contributed by atoms with E-state index in [1.165, 1.54) is 24.2 Å². The molecular formula is C11H19N3O. The van der Waals surface area contributed by atoms with Crippen LogP contribution in [0.4, 0.5) is 4.79 Å². The maximum absolute atomic E-state index is 11.7. The van der Waals surface area contributed by atoms with Crippen LogP contribution >= 0.6 is 0 Å². The summed E-state index contributed by atoms with van der Waals surface area (Å²) in [6.07, 6.45) is 5.85. The van der Waals surface area contributed by atoms with E-state index in [1.807, 2.05) is 13.0 Å². The molecule has 0 aromatic heterocycles. The average molecular weight is 209 g/mol. The quantitative estimate of drug-likeness (QED) is 0.721. The summed E-state index contributed by atoms with van der Waals surface area (Å²) in [5.74, 6) is 0. The molecule has 1 saturated carbocycles. The lowest BCUT2D eigenvalue weighted by Gasteiger charge is -2.26. The van der Waals surface area contributed by atoms with Crippen LogP contribution in [-0.2, 0) is 0 Å². The maximum atomic E-state index is 11.7. The van der Waals surface area contributed by atoms with Crippen LogP contribution in [0.1, 0.15) is 39.0 Å². The second-order valence-electron chi connectivity index (χ2n) is 3.96. The Labute approximate surface area is 91.2 Å². The third kappa shape index (κ3) is 3.78. The Morgan fingerprint density at radius 1 is 1.47 bits per heavy atom. The van der Waals surface area contributed by atoms with Gasteiger partial charge in [-0.15, -0.1) is 0 Å². The summed E-state index contributed by atoms with van der Waals surface area (Å²) < 4.78 is 0. The van der Waals surface area contributed by atoms with Crippen molar-refractivity contribution in [3.63, 3.8) is 0 Å². The molecule has 0 unspecified atom stereocenters. The summed E-state index contributed by atoms with van der Waals surface area (Å²) in [5, 5.41) is 11.5. The summed E-state index contributed by atoms with van der Waals surface area (Å²) in [6, 6.07) is 2.23. The fourth-order valence-corrected chi connectivity index (χ4v) is 1.93. The number of carbonyl (C=O) groups is 1. The monoisotopic (exact) mass is 209 g/mol. The van der Waals surface area contributed by atoms with Gasteiger partial charge in [0.1, 0.15) is 6.54 Å². The molecule has 0 aromatic rings. The van der Waals surface area contributed by atoms with Crippen LogP contribution in [-0.4, -0.2) is 30.1 Å². The lowest BCUT2D eigenvalue weighted by Crippen LogP contribution is -2.45. The summed E-state index contributed by atoms with van der Waals surface area (Å²) in [6.45, 7) is 2.65. The minimum absolute atomic E-state index is 0.0917. The van der Waals surface area contributed by atoms with E-state index in [1.54, 1.807) is 0 Å². The summed E-state index contributed by atoms with van der Waals surface area (Å²) >= 11 is 0. The molecule has 0 radical (unpaired) electrons. The van der Waals surface area contributed by atoms with Crippen LogP contribution in [0.3, 0.4) is 0 Å². The van der Waals surface area contributed by atoms with Gasteiger partial charge in [-0.05, 0) is 19.8 Å². The molecule has 0 bridgehead atoms. The molecule has 4 nitrogen and oxygen atoms in total. The zero-order valence-electron chi connectivity index (χ0n) is 9.33. The van der Waals surface area contributed by atoms with Gasteiger partial charge in [0.15, 0.2) is 0 Å². The average Bonchev–Trinajstić information content (AvgIpc) is 2.27. The number of hydrogen-bond donors (Lipinski definition) is 1. The van der Waals surface area contributed by atoms with E-state index in [2.05, 4.69) is 5.32 Å². The minimum Gasteiger partial charge on any atom is -0.335 e. The molecule has 0 atom stereocenters. The van der Waals surface area contributed by atoms with Gasteiger partial charge in [-0.2, -0.15) is 5.26 Å². The van der Waals surface area contributed by atoms with Crippen molar-refractivity contribution >= 4 is 6.03 Å². The molecule has 2 amide bonds. The number of carbonyl (C=O) groups excluding carboxylic acids is 1. The third-order valence-electron chi connectivity index (χ3n) is 2.86. The van der Waals surface area contributed by atoms with Crippen LogP contribution < -0.4 is 5.32 Å². The van der Waals surface area contributed by atoms with Gasteiger partial charge in [0, 0.05) is 12.6 Å². The standard InChI is InChI=1S/C11H19N3O/c1-2-14(9-8-12)11(15)13-10-6-4-3-5-7-10/h10H,2-7,9H2,1H3,(H,13,15). The van der Waals surface area contributed by atoms with E-state index in [0.29, 0.717) is 12.6 Å². The molecule has 15 heavy (non-hydrogen) atoms. The van der Waals surface area contributed by atoms with Gasteiger partial charge >= 0.3 is 6.03 Å². The van der Waals surface area contributed by atoms with Crippen molar-refractivity contribution in [3.8, 4) is 6.07 Å². The van der Waals surface area contributed by atoms with Gasteiger partial charge in [-0.3, -0.25) is 0 Å². The van der Waals surface area contributed by atoms with Crippen LogP contribution in [0, 0.1) is 11.3 Å². The van der Waals surface area contributed by atoms with Crippen molar-refractivity contribution in [1.82, 2.24) is 10.2 Å². The fourth-order valence-electron chi connectivity index (χ4n) is 1.93. The van der Waals surface area contributed by atoms with Crippen LogP contribution in [0.5, 0.6) is 0 Å². The van der Waals surface area contributed by atoms with Crippen molar-refractivity contribution in [1.29, 1.82) is 5.26 Å². The van der Waals surface area contributed by atoms with E-state index < -0.39 is 0 Å². The first-order valence-corrected chi connectivity index (χ1v) is 5.70. The zero-order valence-corrected chi connectivity index (χ0v) is 9.33. The Balaban J connectivity index is 2.35. The highest BCUT2D eigenvalue weighted by molar-refractivity contribution is 5.74. The van der Waals surface area contributed by atoms with Gasteiger partial charge in [0.2, 0.25) is 0 Å². The zero-order chi connectivity index (χ0) is 11.1. The lowest BCUT2D eigenvalue weighted by molar-refractivity contribution is 0.198. The highest BCUT2D eigenvalue weighted by atomic mass is 16.2. The first kappa shape index (κ1) is 11.8. The molecular weight excluding hydrogens is 190 g/mol. The molecule has 0 aromatic carbocycles. The van der Waals surface area contributed by atoms with Gasteiger partial charge < -0.3 is 10.2 Å². The molecule has 84 valence electrons. The van der Waals surface area contributed by atoms with Crippen molar-refractivity contribution in [2.24, 2.45) is 0 Å². The second kappa shape index (κ2) is 6.28. The molecule has 1 fully saturated rings. The third-order valence-corrected chi connectivity index (χ3v) is 2.86. The Kier molecular flexibility index (Phi) is 4.96. The Bertz CT molecular complexity index is 241. The van der Waals surface area contributed by atoms with Gasteiger partial charge in [0.25, 0.3) is 0 Å². The van der Waals surface area contributed by atoms with Crippen molar-refractivity contribution < 1.29 is 4.79 Å². The highest BCUT2D eigenvalue weighted by Crippen LogP contribution is 2.17. The highest BCUT2D eigenvalue weighted by Gasteiger charge is 2.18. The van der Waals surface area contributed by atoms with Crippen molar-refractivity contribution in [2.45, 2.75) is 45.1 Å². The van der Waals surface area contributed by atoms with E-state index >= 15 is 0 Å². The Morgan fingerprint density at radius 2 is 2.13 bits per heavy atom.